The molecule has 2 aliphatic rings. The summed E-state index contributed by atoms with van der Waals surface area (Å²) in [5.41, 5.74) is 1.14. The SMILES string of the molecule is CNC(=O)CNC(=O)C1CN(C(=O)Cc2ccn[nH]2)CC2CN(C(=O)c3ccc(OC(C)C)c(OC)c3)CC21. The lowest BCUT2D eigenvalue weighted by molar-refractivity contribution is -0.139. The van der Waals surface area contributed by atoms with Crippen LogP contribution in [-0.2, 0) is 20.8 Å². The molecule has 2 fully saturated rings. The molecule has 0 saturated carbocycles. The van der Waals surface area contributed by atoms with E-state index in [0.29, 0.717) is 42.4 Å². The lowest BCUT2D eigenvalue weighted by Gasteiger charge is -2.39. The van der Waals surface area contributed by atoms with E-state index in [0.717, 1.165) is 0 Å². The zero-order chi connectivity index (χ0) is 28.1. The fourth-order valence-corrected chi connectivity index (χ4v) is 5.30. The number of H-pyrrole nitrogens is 1. The number of amides is 4. The van der Waals surface area contributed by atoms with Crippen molar-refractivity contribution < 1.29 is 28.7 Å². The Balaban J connectivity index is 1.52. The zero-order valence-corrected chi connectivity index (χ0v) is 22.7. The predicted octanol–water partition coefficient (Wildman–Crippen LogP) is 0.457. The van der Waals surface area contributed by atoms with Crippen LogP contribution < -0.4 is 20.1 Å². The van der Waals surface area contributed by atoms with Crippen LogP contribution in [0.15, 0.2) is 30.5 Å². The Hall–Kier alpha value is -4.09. The minimum Gasteiger partial charge on any atom is -0.493 e. The van der Waals surface area contributed by atoms with E-state index in [-0.39, 0.29) is 61.1 Å². The van der Waals surface area contributed by atoms with Crippen molar-refractivity contribution in [2.24, 2.45) is 17.8 Å². The molecule has 4 amide bonds. The molecule has 3 unspecified atom stereocenters. The lowest BCUT2D eigenvalue weighted by atomic mass is 9.79. The molecule has 12 nitrogen and oxygen atoms in total. The zero-order valence-electron chi connectivity index (χ0n) is 22.7. The molecule has 2 aromatic rings. The Labute approximate surface area is 227 Å². The van der Waals surface area contributed by atoms with E-state index in [1.807, 2.05) is 13.8 Å². The van der Waals surface area contributed by atoms with E-state index in [1.54, 1.807) is 40.3 Å². The number of hydrogen-bond acceptors (Lipinski definition) is 7. The van der Waals surface area contributed by atoms with Crippen LogP contribution in [0.1, 0.15) is 29.9 Å². The molecule has 12 heteroatoms. The smallest absolute Gasteiger partial charge is 0.254 e. The molecule has 39 heavy (non-hydrogen) atoms. The second-order valence-electron chi connectivity index (χ2n) is 10.2. The Morgan fingerprint density at radius 2 is 1.85 bits per heavy atom. The summed E-state index contributed by atoms with van der Waals surface area (Å²) in [6.07, 6.45) is 1.67. The standard InChI is InChI=1S/C27H36N6O6/c1-16(2)39-22-6-5-17(9-23(22)38-4)27(37)33-13-18-12-32(25(35)10-19-7-8-30-31-19)15-21(20(18)14-33)26(36)29-11-24(34)28-3/h5-9,16,18,20-21H,10-15H2,1-4H3,(H,28,34)(H,29,36)(H,30,31). The summed E-state index contributed by atoms with van der Waals surface area (Å²) in [4.78, 5) is 55.0. The van der Waals surface area contributed by atoms with Crippen LogP contribution in [0.25, 0.3) is 0 Å². The Morgan fingerprint density at radius 3 is 2.51 bits per heavy atom. The molecule has 3 heterocycles. The van der Waals surface area contributed by atoms with Gasteiger partial charge in [0.05, 0.1) is 32.1 Å². The van der Waals surface area contributed by atoms with Gasteiger partial charge in [0.2, 0.25) is 17.7 Å². The number of aromatic nitrogens is 2. The average Bonchev–Trinajstić information content (AvgIpc) is 3.60. The number of piperidine rings is 1. The normalized spacial score (nSPS) is 20.4. The molecule has 1 aromatic heterocycles. The average molecular weight is 541 g/mol. The summed E-state index contributed by atoms with van der Waals surface area (Å²) in [6.45, 7) is 5.10. The van der Waals surface area contributed by atoms with Crippen LogP contribution in [0.5, 0.6) is 11.5 Å². The van der Waals surface area contributed by atoms with Gasteiger partial charge in [-0.25, -0.2) is 0 Å². The number of fused-ring (bicyclic) bond motifs is 1. The predicted molar refractivity (Wildman–Crippen MR) is 141 cm³/mol. The Morgan fingerprint density at radius 1 is 1.08 bits per heavy atom. The molecule has 4 rings (SSSR count). The van der Waals surface area contributed by atoms with Gasteiger partial charge in [0.1, 0.15) is 0 Å². The number of rotatable bonds is 9. The molecule has 0 radical (unpaired) electrons. The van der Waals surface area contributed by atoms with Gasteiger partial charge in [0, 0.05) is 50.7 Å². The van der Waals surface area contributed by atoms with Gasteiger partial charge in [-0.15, -0.1) is 0 Å². The second-order valence-corrected chi connectivity index (χ2v) is 10.2. The first kappa shape index (κ1) is 27.9. The summed E-state index contributed by atoms with van der Waals surface area (Å²) in [5.74, 6) is -0.714. The first-order valence-corrected chi connectivity index (χ1v) is 13.1. The lowest BCUT2D eigenvalue weighted by Crippen LogP contribution is -2.54. The van der Waals surface area contributed by atoms with Crippen molar-refractivity contribution in [1.82, 2.24) is 30.6 Å². The molecular weight excluding hydrogens is 504 g/mol. The Kier molecular flexibility index (Phi) is 8.72. The fourth-order valence-electron chi connectivity index (χ4n) is 5.30. The van der Waals surface area contributed by atoms with Crippen molar-refractivity contribution in [3.8, 4) is 11.5 Å². The van der Waals surface area contributed by atoms with E-state index in [4.69, 9.17) is 9.47 Å². The van der Waals surface area contributed by atoms with Gasteiger partial charge >= 0.3 is 0 Å². The van der Waals surface area contributed by atoms with Gasteiger partial charge in [-0.05, 0) is 49.9 Å². The molecule has 0 bridgehead atoms. The van der Waals surface area contributed by atoms with Gasteiger partial charge in [0.15, 0.2) is 11.5 Å². The number of carbonyl (C=O) groups excluding carboxylic acids is 4. The van der Waals surface area contributed by atoms with Crippen molar-refractivity contribution in [1.29, 1.82) is 0 Å². The van der Waals surface area contributed by atoms with Gasteiger partial charge < -0.3 is 29.9 Å². The minimum atomic E-state index is -0.562. The highest BCUT2D eigenvalue weighted by Gasteiger charge is 2.47. The monoisotopic (exact) mass is 540 g/mol. The third-order valence-electron chi connectivity index (χ3n) is 7.23. The van der Waals surface area contributed by atoms with Gasteiger partial charge in [-0.3, -0.25) is 24.3 Å². The first-order valence-electron chi connectivity index (χ1n) is 13.1. The maximum atomic E-state index is 13.5. The summed E-state index contributed by atoms with van der Waals surface area (Å²) < 4.78 is 11.2. The number of aromatic amines is 1. The number of likely N-dealkylation sites (N-methyl/N-ethyl adjacent to an activating group) is 1. The molecular formula is C27H36N6O6. The number of hydrogen-bond donors (Lipinski definition) is 3. The third-order valence-corrected chi connectivity index (χ3v) is 7.23. The number of carbonyl (C=O) groups is 4. The number of ether oxygens (including phenoxy) is 2. The van der Waals surface area contributed by atoms with E-state index >= 15 is 0 Å². The van der Waals surface area contributed by atoms with Crippen molar-refractivity contribution in [2.75, 3.05) is 46.9 Å². The van der Waals surface area contributed by atoms with E-state index in [1.165, 1.54) is 14.2 Å². The summed E-state index contributed by atoms with van der Waals surface area (Å²) >= 11 is 0. The molecule has 3 N–H and O–H groups in total. The topological polar surface area (TPSA) is 146 Å². The van der Waals surface area contributed by atoms with Gasteiger partial charge in [0.25, 0.3) is 5.91 Å². The van der Waals surface area contributed by atoms with E-state index < -0.39 is 5.92 Å². The molecule has 210 valence electrons. The van der Waals surface area contributed by atoms with E-state index in [9.17, 15) is 19.2 Å². The van der Waals surface area contributed by atoms with Crippen molar-refractivity contribution in [2.45, 2.75) is 26.4 Å². The minimum absolute atomic E-state index is 0.0486. The number of nitrogens with zero attached hydrogens (tertiary/aromatic N) is 3. The first-order chi connectivity index (χ1) is 18.7. The summed E-state index contributed by atoms with van der Waals surface area (Å²) in [5, 5.41) is 11.9. The highest BCUT2D eigenvalue weighted by atomic mass is 16.5. The third kappa shape index (κ3) is 6.50. The highest BCUT2D eigenvalue weighted by Crippen LogP contribution is 2.37. The van der Waals surface area contributed by atoms with Crippen molar-refractivity contribution >= 4 is 23.6 Å². The number of nitrogens with one attached hydrogen (secondary N) is 3. The summed E-state index contributed by atoms with van der Waals surface area (Å²) in [6, 6.07) is 6.83. The second kappa shape index (κ2) is 12.2. The van der Waals surface area contributed by atoms with E-state index in [2.05, 4.69) is 20.8 Å². The number of likely N-dealkylation sites (tertiary alicyclic amines) is 2. The quantitative estimate of drug-likeness (QED) is 0.419. The maximum absolute atomic E-state index is 13.5. The fraction of sp³-hybridized carbons (Fsp3) is 0.519. The number of methoxy groups -OCH3 is 1. The molecule has 2 aliphatic heterocycles. The van der Waals surface area contributed by atoms with Gasteiger partial charge in [-0.2, -0.15) is 5.10 Å². The Bertz CT molecular complexity index is 1200. The van der Waals surface area contributed by atoms with Gasteiger partial charge in [-0.1, -0.05) is 0 Å². The van der Waals surface area contributed by atoms with Crippen LogP contribution in [0.2, 0.25) is 0 Å². The molecule has 1 aromatic carbocycles. The van der Waals surface area contributed by atoms with Crippen LogP contribution in [0.3, 0.4) is 0 Å². The van der Waals surface area contributed by atoms with Crippen LogP contribution in [0, 0.1) is 17.8 Å². The molecule has 2 saturated heterocycles. The van der Waals surface area contributed by atoms with Crippen molar-refractivity contribution in [3.05, 3.63) is 41.7 Å². The maximum Gasteiger partial charge on any atom is 0.254 e. The van der Waals surface area contributed by atoms with Crippen LogP contribution in [0.4, 0.5) is 0 Å². The highest BCUT2D eigenvalue weighted by molar-refractivity contribution is 5.95. The summed E-state index contributed by atoms with van der Waals surface area (Å²) in [7, 11) is 3.02. The van der Waals surface area contributed by atoms with Crippen LogP contribution >= 0.6 is 0 Å². The largest absolute Gasteiger partial charge is 0.493 e. The van der Waals surface area contributed by atoms with Crippen LogP contribution in [-0.4, -0.2) is 96.6 Å². The van der Waals surface area contributed by atoms with Crippen molar-refractivity contribution in [3.63, 3.8) is 0 Å². The molecule has 0 aliphatic carbocycles. The molecule has 0 spiro atoms. The molecule has 3 atom stereocenters. The number of benzene rings is 1.